The van der Waals surface area contributed by atoms with E-state index in [0.717, 1.165) is 12.8 Å². The summed E-state index contributed by atoms with van der Waals surface area (Å²) in [5.74, 6) is -1.04. The molecule has 0 spiro atoms. The molecule has 0 atom stereocenters. The lowest BCUT2D eigenvalue weighted by atomic mass is 10.0. The zero-order valence-electron chi connectivity index (χ0n) is 14.8. The summed E-state index contributed by atoms with van der Waals surface area (Å²) in [7, 11) is 0. The number of hydrogen-bond donors (Lipinski definition) is 0. The first kappa shape index (κ1) is 21.1. The third-order valence-electron chi connectivity index (χ3n) is 4.01. The molecule has 0 N–H and O–H groups in total. The first-order chi connectivity index (χ1) is 10.7. The minimum atomic E-state index is -0.665. The van der Waals surface area contributed by atoms with Gasteiger partial charge in [-0.1, -0.05) is 84.0 Å². The number of unbranched alkanes of at least 4 members (excludes halogenated alkanes) is 12. The van der Waals surface area contributed by atoms with E-state index >= 15 is 0 Å². The molecule has 0 fully saturated rings. The van der Waals surface area contributed by atoms with Gasteiger partial charge in [0.05, 0.1) is 6.61 Å². The summed E-state index contributed by atoms with van der Waals surface area (Å²) in [6, 6.07) is 0. The standard InChI is InChI=1S/C19H36O3/c1-3-5-6-7-8-9-10-11-12-13-14-15-16-17-18(20)19(21)22-4-2/h3-17H2,1-2H3. The van der Waals surface area contributed by atoms with E-state index in [1.165, 1.54) is 70.6 Å². The number of ether oxygens (including phenoxy) is 1. The van der Waals surface area contributed by atoms with E-state index in [9.17, 15) is 9.59 Å². The van der Waals surface area contributed by atoms with Crippen molar-refractivity contribution in [2.24, 2.45) is 0 Å². The summed E-state index contributed by atoms with van der Waals surface area (Å²) in [5, 5.41) is 0. The van der Waals surface area contributed by atoms with Crippen molar-refractivity contribution in [3.8, 4) is 0 Å². The molecule has 0 bridgehead atoms. The fourth-order valence-electron chi connectivity index (χ4n) is 2.62. The van der Waals surface area contributed by atoms with Gasteiger partial charge in [-0.25, -0.2) is 4.79 Å². The molecule has 3 nitrogen and oxygen atoms in total. The van der Waals surface area contributed by atoms with Gasteiger partial charge in [0.2, 0.25) is 5.78 Å². The molecule has 0 aliphatic carbocycles. The Morgan fingerprint density at radius 2 is 1.05 bits per heavy atom. The molecule has 0 radical (unpaired) electrons. The number of Topliss-reactive ketones (excluding diaryl/α,β-unsaturated/α-hetero) is 1. The van der Waals surface area contributed by atoms with E-state index in [-0.39, 0.29) is 12.4 Å². The van der Waals surface area contributed by atoms with Gasteiger partial charge in [0.1, 0.15) is 0 Å². The molecule has 0 saturated carbocycles. The SMILES string of the molecule is CCCCCCCCCCCCCCCC(=O)C(=O)OCC. The summed E-state index contributed by atoms with van der Waals surface area (Å²) >= 11 is 0. The molecular weight excluding hydrogens is 276 g/mol. The Balaban J connectivity index is 3.17. The maximum Gasteiger partial charge on any atom is 0.374 e. The van der Waals surface area contributed by atoms with Crippen molar-refractivity contribution in [1.29, 1.82) is 0 Å². The summed E-state index contributed by atoms with van der Waals surface area (Å²) < 4.78 is 4.68. The van der Waals surface area contributed by atoms with E-state index < -0.39 is 5.97 Å². The van der Waals surface area contributed by atoms with E-state index in [1.807, 2.05) is 0 Å². The molecule has 0 aromatic carbocycles. The first-order valence-electron chi connectivity index (χ1n) is 9.42. The normalized spacial score (nSPS) is 10.6. The molecule has 0 amide bonds. The zero-order valence-corrected chi connectivity index (χ0v) is 14.8. The van der Waals surface area contributed by atoms with Gasteiger partial charge in [-0.2, -0.15) is 0 Å². The summed E-state index contributed by atoms with van der Waals surface area (Å²) in [6.07, 6.45) is 17.0. The van der Waals surface area contributed by atoms with Crippen molar-refractivity contribution in [2.75, 3.05) is 6.61 Å². The smallest absolute Gasteiger partial charge is 0.374 e. The third-order valence-corrected chi connectivity index (χ3v) is 4.01. The lowest BCUT2D eigenvalue weighted by Crippen LogP contribution is -2.16. The highest BCUT2D eigenvalue weighted by atomic mass is 16.5. The average molecular weight is 312 g/mol. The molecular formula is C19H36O3. The molecule has 130 valence electrons. The maximum atomic E-state index is 11.4. The van der Waals surface area contributed by atoms with Gasteiger partial charge in [-0.3, -0.25) is 4.79 Å². The van der Waals surface area contributed by atoms with Gasteiger partial charge in [-0.05, 0) is 13.3 Å². The Morgan fingerprint density at radius 1 is 0.636 bits per heavy atom. The minimum Gasteiger partial charge on any atom is -0.460 e. The van der Waals surface area contributed by atoms with Crippen LogP contribution in [0.3, 0.4) is 0 Å². The van der Waals surface area contributed by atoms with Gasteiger partial charge in [0.25, 0.3) is 0 Å². The second-order valence-electron chi connectivity index (χ2n) is 6.14. The molecule has 0 aromatic heterocycles. The Hall–Kier alpha value is -0.860. The highest BCUT2D eigenvalue weighted by Crippen LogP contribution is 2.13. The van der Waals surface area contributed by atoms with E-state index in [4.69, 9.17) is 0 Å². The average Bonchev–Trinajstić information content (AvgIpc) is 2.51. The van der Waals surface area contributed by atoms with Crippen molar-refractivity contribution in [3.05, 3.63) is 0 Å². The van der Waals surface area contributed by atoms with Crippen LogP contribution in [0.1, 0.15) is 104 Å². The number of carbonyl (C=O) groups is 2. The molecule has 0 heterocycles. The Kier molecular flexibility index (Phi) is 15.9. The molecule has 0 saturated heterocycles. The number of rotatable bonds is 16. The van der Waals surface area contributed by atoms with E-state index in [1.54, 1.807) is 6.92 Å². The van der Waals surface area contributed by atoms with Gasteiger partial charge < -0.3 is 4.74 Å². The number of carbonyl (C=O) groups excluding carboxylic acids is 2. The van der Waals surface area contributed by atoms with Crippen molar-refractivity contribution >= 4 is 11.8 Å². The third kappa shape index (κ3) is 14.1. The maximum absolute atomic E-state index is 11.4. The molecule has 22 heavy (non-hydrogen) atoms. The highest BCUT2D eigenvalue weighted by Gasteiger charge is 2.13. The number of ketones is 1. The molecule has 0 aromatic rings. The van der Waals surface area contributed by atoms with Gasteiger partial charge in [0, 0.05) is 6.42 Å². The Morgan fingerprint density at radius 3 is 1.45 bits per heavy atom. The van der Waals surface area contributed by atoms with Crippen LogP contribution >= 0.6 is 0 Å². The molecule has 3 heteroatoms. The van der Waals surface area contributed by atoms with E-state index in [0.29, 0.717) is 6.42 Å². The number of esters is 1. The molecule has 0 unspecified atom stereocenters. The fraction of sp³-hybridized carbons (Fsp3) is 0.895. The van der Waals surface area contributed by atoms with Crippen LogP contribution in [0.25, 0.3) is 0 Å². The summed E-state index contributed by atoms with van der Waals surface area (Å²) in [6.45, 7) is 4.26. The minimum absolute atomic E-state index is 0.281. The Bertz CT molecular complexity index is 274. The second-order valence-corrected chi connectivity index (χ2v) is 6.14. The first-order valence-corrected chi connectivity index (χ1v) is 9.42. The van der Waals surface area contributed by atoms with Crippen LogP contribution < -0.4 is 0 Å². The van der Waals surface area contributed by atoms with Gasteiger partial charge in [-0.15, -0.1) is 0 Å². The summed E-state index contributed by atoms with van der Waals surface area (Å²) in [4.78, 5) is 22.5. The van der Waals surface area contributed by atoms with Crippen LogP contribution in [-0.2, 0) is 14.3 Å². The van der Waals surface area contributed by atoms with Crippen molar-refractivity contribution in [3.63, 3.8) is 0 Å². The summed E-state index contributed by atoms with van der Waals surface area (Å²) in [5.41, 5.74) is 0. The Labute approximate surface area is 137 Å². The van der Waals surface area contributed by atoms with Crippen LogP contribution in [0, 0.1) is 0 Å². The van der Waals surface area contributed by atoms with E-state index in [2.05, 4.69) is 11.7 Å². The largest absolute Gasteiger partial charge is 0.460 e. The van der Waals surface area contributed by atoms with Gasteiger partial charge >= 0.3 is 5.97 Å². The quantitative estimate of drug-likeness (QED) is 0.212. The molecule has 0 aliphatic rings. The van der Waals surface area contributed by atoms with Crippen LogP contribution in [0.5, 0.6) is 0 Å². The second kappa shape index (κ2) is 16.5. The predicted octanol–water partition coefficient (Wildman–Crippen LogP) is 5.60. The van der Waals surface area contributed by atoms with Crippen LogP contribution in [0.15, 0.2) is 0 Å². The molecule has 0 rings (SSSR count). The zero-order chi connectivity index (χ0) is 16.5. The predicted molar refractivity (Wildman–Crippen MR) is 92.0 cm³/mol. The lowest BCUT2D eigenvalue weighted by molar-refractivity contribution is -0.153. The van der Waals surface area contributed by atoms with Crippen LogP contribution in [0.4, 0.5) is 0 Å². The lowest BCUT2D eigenvalue weighted by Gasteiger charge is -2.03. The topological polar surface area (TPSA) is 43.4 Å². The fourth-order valence-corrected chi connectivity index (χ4v) is 2.62. The van der Waals surface area contributed by atoms with Crippen molar-refractivity contribution < 1.29 is 14.3 Å². The van der Waals surface area contributed by atoms with Gasteiger partial charge in [0.15, 0.2) is 0 Å². The highest BCUT2D eigenvalue weighted by molar-refractivity contribution is 6.33. The van der Waals surface area contributed by atoms with Crippen LogP contribution in [0.2, 0.25) is 0 Å². The van der Waals surface area contributed by atoms with Crippen molar-refractivity contribution in [2.45, 2.75) is 104 Å². The molecule has 0 aliphatic heterocycles. The van der Waals surface area contributed by atoms with Crippen molar-refractivity contribution in [1.82, 2.24) is 0 Å². The number of hydrogen-bond acceptors (Lipinski definition) is 3. The van der Waals surface area contributed by atoms with Crippen LogP contribution in [-0.4, -0.2) is 18.4 Å². The monoisotopic (exact) mass is 312 g/mol.